The maximum atomic E-state index is 9.66. The van der Waals surface area contributed by atoms with E-state index in [4.69, 9.17) is 17.3 Å². The Morgan fingerprint density at radius 1 is 1.47 bits per heavy atom. The molecule has 0 radical (unpaired) electrons. The molecule has 2 heterocycles. The number of allylic oxidation sites excluding steroid dienone is 1. The highest BCUT2D eigenvalue weighted by Gasteiger charge is 2.28. The van der Waals surface area contributed by atoms with Crippen LogP contribution in [0.3, 0.4) is 0 Å². The van der Waals surface area contributed by atoms with Gasteiger partial charge in [-0.25, -0.2) is 0 Å². The summed E-state index contributed by atoms with van der Waals surface area (Å²) in [7, 11) is 0. The molecule has 0 saturated carbocycles. The molecule has 0 spiro atoms. The minimum atomic E-state index is -0.109. The Balaban J connectivity index is 2.33. The van der Waals surface area contributed by atoms with Crippen LogP contribution in [0.5, 0.6) is 5.88 Å². The second-order valence-corrected chi connectivity index (χ2v) is 4.68. The number of rotatable bonds is 3. The van der Waals surface area contributed by atoms with Crippen molar-refractivity contribution in [3.63, 3.8) is 0 Å². The van der Waals surface area contributed by atoms with Gasteiger partial charge < -0.3 is 15.7 Å². The van der Waals surface area contributed by atoms with Gasteiger partial charge in [0.05, 0.1) is 5.03 Å². The van der Waals surface area contributed by atoms with E-state index < -0.39 is 0 Å². The third-order valence-corrected chi connectivity index (χ3v) is 3.37. The molecule has 1 aliphatic heterocycles. The van der Waals surface area contributed by atoms with Gasteiger partial charge in [-0.3, -0.25) is 0 Å². The van der Waals surface area contributed by atoms with Gasteiger partial charge >= 0.3 is 0 Å². The number of nitrogen functional groups attached to an aromatic ring is 1. The summed E-state index contributed by atoms with van der Waals surface area (Å²) in [6.45, 7) is 4.49. The van der Waals surface area contributed by atoms with E-state index in [0.717, 1.165) is 5.03 Å². The van der Waals surface area contributed by atoms with Gasteiger partial charge in [0.25, 0.3) is 0 Å². The van der Waals surface area contributed by atoms with Crippen LogP contribution in [-0.4, -0.2) is 27.5 Å². The Morgan fingerprint density at radius 2 is 2.24 bits per heavy atom. The lowest BCUT2D eigenvalue weighted by atomic mass is 10.4. The van der Waals surface area contributed by atoms with Crippen LogP contribution in [0.2, 0.25) is 0 Å². The highest BCUT2D eigenvalue weighted by Crippen LogP contribution is 2.47. The summed E-state index contributed by atoms with van der Waals surface area (Å²) in [4.78, 5) is 10.2. The standard InChI is InChI=1S/C10H11ClN4OS/c1-6-15(5-3-2-4-11)8-7(17-6)9(16)14-10(12)13-8/h2-3H,1,4-5H2,(H3,12,13,14,16)/b3-2-. The fourth-order valence-corrected chi connectivity index (χ4v) is 2.46. The number of alkyl halides is 1. The topological polar surface area (TPSA) is 75.3 Å². The molecule has 0 saturated heterocycles. The molecule has 0 aliphatic carbocycles. The number of nitrogens with zero attached hydrogens (tertiary/aromatic N) is 3. The Bertz CT molecular complexity index is 491. The molecule has 0 fully saturated rings. The predicted octanol–water partition coefficient (Wildman–Crippen LogP) is 1.94. The molecule has 5 nitrogen and oxygen atoms in total. The predicted molar refractivity (Wildman–Crippen MR) is 70.3 cm³/mol. The molecule has 1 aromatic heterocycles. The van der Waals surface area contributed by atoms with Crippen LogP contribution in [0.4, 0.5) is 11.8 Å². The van der Waals surface area contributed by atoms with Crippen molar-refractivity contribution >= 4 is 35.1 Å². The van der Waals surface area contributed by atoms with Gasteiger partial charge in [0.1, 0.15) is 4.90 Å². The van der Waals surface area contributed by atoms with Crippen molar-refractivity contribution in [2.45, 2.75) is 4.90 Å². The minimum Gasteiger partial charge on any atom is -0.492 e. The molecular weight excluding hydrogens is 260 g/mol. The number of hydrogen-bond donors (Lipinski definition) is 2. The summed E-state index contributed by atoms with van der Waals surface area (Å²) in [5.74, 6) is 0.979. The molecule has 0 atom stereocenters. The molecule has 90 valence electrons. The average Bonchev–Trinajstić information content (AvgIpc) is 2.57. The maximum Gasteiger partial charge on any atom is 0.232 e. The quantitative estimate of drug-likeness (QED) is 0.646. The summed E-state index contributed by atoms with van der Waals surface area (Å²) >= 11 is 6.88. The molecule has 1 aromatic rings. The van der Waals surface area contributed by atoms with Crippen molar-refractivity contribution in [2.24, 2.45) is 0 Å². The van der Waals surface area contributed by atoms with E-state index in [1.54, 1.807) is 0 Å². The summed E-state index contributed by atoms with van der Waals surface area (Å²) in [5.41, 5.74) is 5.51. The Morgan fingerprint density at radius 3 is 2.94 bits per heavy atom. The average molecular weight is 271 g/mol. The van der Waals surface area contributed by atoms with E-state index in [1.807, 2.05) is 17.1 Å². The Hall–Kier alpha value is -1.40. The fourth-order valence-electron chi connectivity index (χ4n) is 1.44. The van der Waals surface area contributed by atoms with Crippen molar-refractivity contribution in [3.8, 4) is 5.88 Å². The first kappa shape index (κ1) is 12.1. The van der Waals surface area contributed by atoms with Gasteiger partial charge in [0.2, 0.25) is 11.8 Å². The van der Waals surface area contributed by atoms with E-state index in [1.165, 1.54) is 11.8 Å². The number of nitrogens with two attached hydrogens (primary N) is 1. The van der Waals surface area contributed by atoms with E-state index in [2.05, 4.69) is 16.5 Å². The number of fused-ring (bicyclic) bond motifs is 1. The second-order valence-electron chi connectivity index (χ2n) is 3.29. The smallest absolute Gasteiger partial charge is 0.232 e. The van der Waals surface area contributed by atoms with Crippen LogP contribution in [-0.2, 0) is 0 Å². The Labute approximate surface area is 108 Å². The largest absolute Gasteiger partial charge is 0.492 e. The van der Waals surface area contributed by atoms with Crippen molar-refractivity contribution < 1.29 is 5.11 Å². The van der Waals surface area contributed by atoms with Crippen LogP contribution in [0, 0.1) is 0 Å². The fraction of sp³-hybridized carbons (Fsp3) is 0.200. The van der Waals surface area contributed by atoms with Gasteiger partial charge in [0.15, 0.2) is 5.82 Å². The van der Waals surface area contributed by atoms with Crippen molar-refractivity contribution in [2.75, 3.05) is 23.1 Å². The van der Waals surface area contributed by atoms with Crippen molar-refractivity contribution in [3.05, 3.63) is 23.8 Å². The molecule has 0 unspecified atom stereocenters. The van der Waals surface area contributed by atoms with Gasteiger partial charge in [-0.1, -0.05) is 30.5 Å². The molecule has 0 aromatic carbocycles. The van der Waals surface area contributed by atoms with Crippen molar-refractivity contribution in [1.29, 1.82) is 0 Å². The summed E-state index contributed by atoms with van der Waals surface area (Å²) in [6, 6.07) is 0. The third-order valence-electron chi connectivity index (χ3n) is 2.17. The highest BCUT2D eigenvalue weighted by molar-refractivity contribution is 8.03. The lowest BCUT2D eigenvalue weighted by Crippen LogP contribution is -2.18. The zero-order valence-corrected chi connectivity index (χ0v) is 10.5. The monoisotopic (exact) mass is 270 g/mol. The van der Waals surface area contributed by atoms with Gasteiger partial charge in [-0.2, -0.15) is 9.97 Å². The molecule has 0 amide bonds. The first-order valence-corrected chi connectivity index (χ1v) is 6.20. The lowest BCUT2D eigenvalue weighted by molar-refractivity contribution is 0.440. The lowest BCUT2D eigenvalue weighted by Gasteiger charge is -2.16. The summed E-state index contributed by atoms with van der Waals surface area (Å²) in [6.07, 6.45) is 3.74. The van der Waals surface area contributed by atoms with E-state index in [9.17, 15) is 5.11 Å². The second kappa shape index (κ2) is 4.85. The molecule has 1 aliphatic rings. The van der Waals surface area contributed by atoms with E-state index in [-0.39, 0.29) is 11.8 Å². The number of aromatic nitrogens is 2. The Kier molecular flexibility index (Phi) is 3.44. The van der Waals surface area contributed by atoms with Gasteiger partial charge in [-0.15, -0.1) is 11.6 Å². The minimum absolute atomic E-state index is 0.0443. The number of thioether (sulfide) groups is 1. The van der Waals surface area contributed by atoms with Gasteiger partial charge in [-0.05, 0) is 0 Å². The molecule has 2 rings (SSSR count). The van der Waals surface area contributed by atoms with Crippen LogP contribution >= 0.6 is 23.4 Å². The van der Waals surface area contributed by atoms with Crippen LogP contribution < -0.4 is 10.6 Å². The summed E-state index contributed by atoms with van der Waals surface area (Å²) < 4.78 is 0. The van der Waals surface area contributed by atoms with Crippen LogP contribution in [0.1, 0.15) is 0 Å². The molecule has 0 bridgehead atoms. The normalized spacial score (nSPS) is 14.6. The maximum absolute atomic E-state index is 9.66. The van der Waals surface area contributed by atoms with E-state index in [0.29, 0.717) is 23.1 Å². The number of halogens is 1. The van der Waals surface area contributed by atoms with E-state index >= 15 is 0 Å². The van der Waals surface area contributed by atoms with Crippen molar-refractivity contribution in [1.82, 2.24) is 9.97 Å². The number of hydrogen-bond acceptors (Lipinski definition) is 6. The first-order chi connectivity index (χ1) is 8.13. The molecule has 3 N–H and O–H groups in total. The SMILES string of the molecule is C=C1Sc2c(O)nc(N)nc2N1C/C=C\CCl. The number of aromatic hydroxyl groups is 1. The zero-order valence-electron chi connectivity index (χ0n) is 8.93. The first-order valence-electron chi connectivity index (χ1n) is 4.85. The zero-order chi connectivity index (χ0) is 12.4. The third kappa shape index (κ3) is 2.32. The van der Waals surface area contributed by atoms with Crippen LogP contribution in [0.15, 0.2) is 28.7 Å². The molecule has 17 heavy (non-hydrogen) atoms. The summed E-state index contributed by atoms with van der Waals surface area (Å²) in [5, 5.41) is 10.4. The number of anilines is 2. The molecular formula is C10H11ClN4OS. The van der Waals surface area contributed by atoms with Gasteiger partial charge in [0, 0.05) is 12.4 Å². The van der Waals surface area contributed by atoms with Crippen LogP contribution in [0.25, 0.3) is 0 Å². The highest BCUT2D eigenvalue weighted by atomic mass is 35.5. The molecule has 7 heteroatoms.